The quantitative estimate of drug-likeness (QED) is 0.158. The van der Waals surface area contributed by atoms with Crippen LogP contribution in [0.1, 0.15) is 0 Å². The maximum Gasteiger partial charge on any atom is 0.0547 e. The fraction of sp³-hybridized carbons (Fsp3) is 0. The van der Waals surface area contributed by atoms with Crippen molar-refractivity contribution in [1.82, 2.24) is 4.57 Å². The SMILES string of the molecule is c1ccc(-c2cccc(-c3ccc(-n4c5ccccc5c5ccc(-c6ccccc6N(c6ccc7ccccc7c6)c6cccc7ccccc67)cc54)cc3)c2)cc1. The molecule has 0 atom stereocenters. The lowest BCUT2D eigenvalue weighted by Gasteiger charge is -2.29. The number of benzene rings is 10. The number of aromatic nitrogens is 1. The molecule has 0 amide bonds. The van der Waals surface area contributed by atoms with E-state index in [1.165, 1.54) is 65.6 Å². The van der Waals surface area contributed by atoms with Crippen LogP contribution in [0.5, 0.6) is 0 Å². The zero-order valence-corrected chi connectivity index (χ0v) is 31.8. The molecule has 0 aliphatic rings. The Bertz CT molecular complexity index is 3280. The molecule has 0 radical (unpaired) electrons. The average Bonchev–Trinajstić information content (AvgIpc) is 3.63. The van der Waals surface area contributed by atoms with Crippen molar-refractivity contribution < 1.29 is 0 Å². The second kappa shape index (κ2) is 14.1. The molecule has 0 unspecified atom stereocenters. The van der Waals surface area contributed by atoms with E-state index >= 15 is 0 Å². The van der Waals surface area contributed by atoms with Crippen molar-refractivity contribution in [1.29, 1.82) is 0 Å². The summed E-state index contributed by atoms with van der Waals surface area (Å²) in [5.41, 5.74) is 14.0. The molecule has 11 aromatic rings. The van der Waals surface area contributed by atoms with Gasteiger partial charge in [-0.05, 0) is 98.6 Å². The molecule has 2 nitrogen and oxygen atoms in total. The van der Waals surface area contributed by atoms with Crippen LogP contribution in [0.25, 0.3) is 82.4 Å². The maximum atomic E-state index is 2.44. The Hall–Kier alpha value is -7.68. The van der Waals surface area contributed by atoms with Crippen molar-refractivity contribution in [2.75, 3.05) is 4.90 Å². The van der Waals surface area contributed by atoms with E-state index in [1.54, 1.807) is 0 Å². The van der Waals surface area contributed by atoms with Crippen LogP contribution in [0.2, 0.25) is 0 Å². The average molecular weight is 739 g/mol. The summed E-state index contributed by atoms with van der Waals surface area (Å²) < 4.78 is 2.42. The van der Waals surface area contributed by atoms with Gasteiger partial charge in [0.1, 0.15) is 0 Å². The van der Waals surface area contributed by atoms with E-state index in [9.17, 15) is 0 Å². The summed E-state index contributed by atoms with van der Waals surface area (Å²) in [6.45, 7) is 0. The van der Waals surface area contributed by atoms with Gasteiger partial charge in [0.2, 0.25) is 0 Å². The number of rotatable bonds is 7. The molecule has 10 aromatic carbocycles. The molecular weight excluding hydrogens is 701 g/mol. The monoisotopic (exact) mass is 738 g/mol. The van der Waals surface area contributed by atoms with E-state index in [0.29, 0.717) is 0 Å². The molecule has 1 aromatic heterocycles. The lowest BCUT2D eigenvalue weighted by Crippen LogP contribution is -2.11. The van der Waals surface area contributed by atoms with Crippen LogP contribution in [0.4, 0.5) is 17.1 Å². The molecule has 58 heavy (non-hydrogen) atoms. The van der Waals surface area contributed by atoms with Crippen LogP contribution < -0.4 is 4.90 Å². The topological polar surface area (TPSA) is 8.17 Å². The zero-order chi connectivity index (χ0) is 38.4. The molecule has 11 rings (SSSR count). The van der Waals surface area contributed by atoms with Crippen LogP contribution in [-0.4, -0.2) is 4.57 Å². The smallest absolute Gasteiger partial charge is 0.0547 e. The maximum absolute atomic E-state index is 2.44. The number of anilines is 3. The van der Waals surface area contributed by atoms with Gasteiger partial charge in [0.25, 0.3) is 0 Å². The Labute approximate surface area is 338 Å². The molecule has 0 bridgehead atoms. The molecule has 0 N–H and O–H groups in total. The van der Waals surface area contributed by atoms with Gasteiger partial charge in [-0.25, -0.2) is 0 Å². The molecule has 0 saturated carbocycles. The molecule has 0 aliphatic heterocycles. The first kappa shape index (κ1) is 33.6. The number of fused-ring (bicyclic) bond motifs is 5. The van der Waals surface area contributed by atoms with E-state index in [0.717, 1.165) is 33.9 Å². The van der Waals surface area contributed by atoms with Gasteiger partial charge in [0.15, 0.2) is 0 Å². The van der Waals surface area contributed by atoms with Gasteiger partial charge >= 0.3 is 0 Å². The van der Waals surface area contributed by atoms with Gasteiger partial charge < -0.3 is 9.47 Å². The van der Waals surface area contributed by atoms with E-state index in [4.69, 9.17) is 0 Å². The van der Waals surface area contributed by atoms with Crippen molar-refractivity contribution in [3.63, 3.8) is 0 Å². The number of hydrogen-bond donors (Lipinski definition) is 0. The molecule has 2 heteroatoms. The summed E-state index contributed by atoms with van der Waals surface area (Å²) in [6, 6.07) is 83.8. The minimum atomic E-state index is 1.12. The predicted octanol–water partition coefficient (Wildman–Crippen LogP) is 15.6. The second-order valence-electron chi connectivity index (χ2n) is 15.0. The molecular formula is C56H38N2. The normalized spacial score (nSPS) is 11.4. The largest absolute Gasteiger partial charge is 0.309 e. The predicted molar refractivity (Wildman–Crippen MR) is 247 cm³/mol. The Kier molecular flexibility index (Phi) is 8.19. The highest BCUT2D eigenvalue weighted by atomic mass is 15.1. The highest BCUT2D eigenvalue weighted by Crippen LogP contribution is 2.45. The standard InChI is InChI=1S/C56H38N2/c1-2-14-39(15-3-1)43-20-12-21-44(36-43)41-28-32-47(33-29-41)57-55-26-11-9-24-51(55)52-35-31-46(38-56(52)57)50-23-8-10-25-53(50)58(48-34-30-40-16-4-5-18-45(40)37-48)54-27-13-19-42-17-6-7-22-49(42)54/h1-38H. The fourth-order valence-electron chi connectivity index (χ4n) is 8.77. The minimum Gasteiger partial charge on any atom is -0.309 e. The van der Waals surface area contributed by atoms with Crippen LogP contribution in [0, 0.1) is 0 Å². The van der Waals surface area contributed by atoms with Crippen molar-refractivity contribution in [2.45, 2.75) is 0 Å². The third-order valence-corrected chi connectivity index (χ3v) is 11.6. The number of nitrogens with zero attached hydrogens (tertiary/aromatic N) is 2. The lowest BCUT2D eigenvalue weighted by atomic mass is 9.98. The molecule has 0 fully saturated rings. The first-order valence-corrected chi connectivity index (χ1v) is 19.9. The Morgan fingerprint density at radius 3 is 1.72 bits per heavy atom. The third kappa shape index (κ3) is 5.82. The van der Waals surface area contributed by atoms with Gasteiger partial charge in [0.05, 0.1) is 22.4 Å². The molecule has 1 heterocycles. The van der Waals surface area contributed by atoms with Crippen LogP contribution in [0.3, 0.4) is 0 Å². The summed E-state index contributed by atoms with van der Waals surface area (Å²) in [7, 11) is 0. The number of para-hydroxylation sites is 2. The van der Waals surface area contributed by atoms with Gasteiger partial charge in [0, 0.05) is 33.1 Å². The van der Waals surface area contributed by atoms with Gasteiger partial charge in [-0.3, -0.25) is 0 Å². The Morgan fingerprint density at radius 2 is 0.879 bits per heavy atom. The summed E-state index contributed by atoms with van der Waals surface area (Å²) in [6.07, 6.45) is 0. The van der Waals surface area contributed by atoms with E-state index in [2.05, 4.69) is 240 Å². The van der Waals surface area contributed by atoms with Crippen LogP contribution in [-0.2, 0) is 0 Å². The van der Waals surface area contributed by atoms with Crippen LogP contribution in [0.15, 0.2) is 231 Å². The van der Waals surface area contributed by atoms with E-state index < -0.39 is 0 Å². The van der Waals surface area contributed by atoms with Gasteiger partial charge in [-0.2, -0.15) is 0 Å². The van der Waals surface area contributed by atoms with Crippen molar-refractivity contribution in [3.05, 3.63) is 231 Å². The highest BCUT2D eigenvalue weighted by Gasteiger charge is 2.21. The van der Waals surface area contributed by atoms with Crippen molar-refractivity contribution >= 4 is 60.4 Å². The molecule has 272 valence electrons. The highest BCUT2D eigenvalue weighted by molar-refractivity contribution is 6.11. The summed E-state index contributed by atoms with van der Waals surface area (Å²) >= 11 is 0. The third-order valence-electron chi connectivity index (χ3n) is 11.6. The zero-order valence-electron chi connectivity index (χ0n) is 31.8. The number of hydrogen-bond acceptors (Lipinski definition) is 1. The minimum absolute atomic E-state index is 1.12. The molecule has 0 aliphatic carbocycles. The second-order valence-corrected chi connectivity index (χ2v) is 15.0. The Balaban J connectivity index is 1.07. The van der Waals surface area contributed by atoms with Crippen molar-refractivity contribution in [2.24, 2.45) is 0 Å². The summed E-state index contributed by atoms with van der Waals surface area (Å²) in [4.78, 5) is 2.44. The summed E-state index contributed by atoms with van der Waals surface area (Å²) in [5, 5.41) is 7.33. The fourth-order valence-corrected chi connectivity index (χ4v) is 8.77. The first-order chi connectivity index (χ1) is 28.8. The first-order valence-electron chi connectivity index (χ1n) is 19.9. The molecule has 0 spiro atoms. The van der Waals surface area contributed by atoms with Crippen molar-refractivity contribution in [3.8, 4) is 39.1 Å². The van der Waals surface area contributed by atoms with Crippen LogP contribution >= 0.6 is 0 Å². The lowest BCUT2D eigenvalue weighted by molar-refractivity contribution is 1.18. The van der Waals surface area contributed by atoms with E-state index in [1.807, 2.05) is 0 Å². The van der Waals surface area contributed by atoms with Gasteiger partial charge in [-0.15, -0.1) is 0 Å². The molecule has 0 saturated heterocycles. The Morgan fingerprint density at radius 1 is 0.293 bits per heavy atom. The van der Waals surface area contributed by atoms with E-state index in [-0.39, 0.29) is 0 Å². The van der Waals surface area contributed by atoms with Gasteiger partial charge in [-0.1, -0.05) is 176 Å². The summed E-state index contributed by atoms with van der Waals surface area (Å²) in [5.74, 6) is 0.